The van der Waals surface area contributed by atoms with Gasteiger partial charge in [0.15, 0.2) is 11.6 Å². The van der Waals surface area contributed by atoms with E-state index in [2.05, 4.69) is 10.2 Å². The van der Waals surface area contributed by atoms with Crippen molar-refractivity contribution in [2.24, 2.45) is 0 Å². The predicted molar refractivity (Wildman–Crippen MR) is 127 cm³/mol. The average Bonchev–Trinajstić information content (AvgIpc) is 3.16. The summed E-state index contributed by atoms with van der Waals surface area (Å²) >= 11 is 0. The van der Waals surface area contributed by atoms with E-state index in [4.69, 9.17) is 9.84 Å². The molecule has 2 aromatic heterocycles. The Morgan fingerprint density at radius 3 is 2.58 bits per heavy atom. The molecule has 4 rings (SSSR count). The third-order valence-corrected chi connectivity index (χ3v) is 5.73. The van der Waals surface area contributed by atoms with Gasteiger partial charge in [0.25, 0.3) is 0 Å². The Morgan fingerprint density at radius 2 is 1.88 bits per heavy atom. The van der Waals surface area contributed by atoms with Crippen LogP contribution in [0.25, 0.3) is 16.6 Å². The standard InChI is InChI=1S/C25H28FN5O2/c1-5-33-19-11-12-21(20(26)15-19)31-17(3)23-16(2)27-28-25(24(23)29-31)30(4)14-13-22(32)18-9-7-6-8-10-18/h6-12,15,22,32H,5,13-14H2,1-4H3. The van der Waals surface area contributed by atoms with Crippen molar-refractivity contribution in [2.45, 2.75) is 33.3 Å². The zero-order valence-corrected chi connectivity index (χ0v) is 19.3. The van der Waals surface area contributed by atoms with Gasteiger partial charge in [0.1, 0.15) is 17.0 Å². The lowest BCUT2D eigenvalue weighted by Gasteiger charge is -2.20. The summed E-state index contributed by atoms with van der Waals surface area (Å²) < 4.78 is 21.9. The summed E-state index contributed by atoms with van der Waals surface area (Å²) in [7, 11) is 1.89. The van der Waals surface area contributed by atoms with E-state index in [9.17, 15) is 9.50 Å². The molecule has 0 radical (unpaired) electrons. The van der Waals surface area contributed by atoms with Gasteiger partial charge in [-0.25, -0.2) is 9.07 Å². The maximum atomic E-state index is 14.9. The fourth-order valence-corrected chi connectivity index (χ4v) is 3.98. The Morgan fingerprint density at radius 1 is 1.12 bits per heavy atom. The van der Waals surface area contributed by atoms with E-state index in [1.807, 2.05) is 63.1 Å². The topological polar surface area (TPSA) is 76.3 Å². The van der Waals surface area contributed by atoms with Crippen molar-refractivity contribution in [1.82, 2.24) is 20.0 Å². The number of fused-ring (bicyclic) bond motifs is 1. The van der Waals surface area contributed by atoms with Gasteiger partial charge in [0.05, 0.1) is 29.5 Å². The van der Waals surface area contributed by atoms with Gasteiger partial charge < -0.3 is 14.7 Å². The van der Waals surface area contributed by atoms with Crippen LogP contribution in [0.15, 0.2) is 48.5 Å². The zero-order valence-electron chi connectivity index (χ0n) is 19.3. The van der Waals surface area contributed by atoms with Gasteiger partial charge in [-0.05, 0) is 44.9 Å². The van der Waals surface area contributed by atoms with Crippen LogP contribution in [0.4, 0.5) is 10.2 Å². The van der Waals surface area contributed by atoms with Crippen LogP contribution in [0.3, 0.4) is 0 Å². The molecule has 0 bridgehead atoms. The normalized spacial score (nSPS) is 12.2. The molecule has 0 spiro atoms. The van der Waals surface area contributed by atoms with Crippen LogP contribution >= 0.6 is 0 Å². The second-order valence-electron chi connectivity index (χ2n) is 8.01. The molecule has 1 N–H and O–H groups in total. The molecule has 1 atom stereocenters. The molecule has 0 fully saturated rings. The third kappa shape index (κ3) is 4.52. The average molecular weight is 450 g/mol. The maximum Gasteiger partial charge on any atom is 0.179 e. The van der Waals surface area contributed by atoms with Crippen LogP contribution in [0.1, 0.15) is 36.4 Å². The summed E-state index contributed by atoms with van der Waals surface area (Å²) in [5.74, 6) is 0.644. The number of ether oxygens (including phenoxy) is 1. The van der Waals surface area contributed by atoms with E-state index in [-0.39, 0.29) is 0 Å². The minimum absolute atomic E-state index is 0.333. The number of aliphatic hydroxyl groups is 1. The predicted octanol–water partition coefficient (Wildman–Crippen LogP) is 4.53. The Hall–Kier alpha value is -3.52. The van der Waals surface area contributed by atoms with E-state index in [1.165, 1.54) is 6.07 Å². The smallest absolute Gasteiger partial charge is 0.179 e. The summed E-state index contributed by atoms with van der Waals surface area (Å²) in [6.45, 7) is 6.63. The van der Waals surface area contributed by atoms with Crippen LogP contribution in [0.2, 0.25) is 0 Å². The first-order valence-electron chi connectivity index (χ1n) is 11.0. The van der Waals surface area contributed by atoms with E-state index < -0.39 is 11.9 Å². The fraction of sp³-hybridized carbons (Fsp3) is 0.320. The Labute approximate surface area is 192 Å². The molecule has 0 aliphatic rings. The summed E-state index contributed by atoms with van der Waals surface area (Å²) in [5, 5.41) is 24.8. The third-order valence-electron chi connectivity index (χ3n) is 5.73. The van der Waals surface area contributed by atoms with Crippen molar-refractivity contribution < 1.29 is 14.2 Å². The molecule has 8 heteroatoms. The van der Waals surface area contributed by atoms with Crippen LogP contribution in [0, 0.1) is 19.7 Å². The van der Waals surface area contributed by atoms with Gasteiger partial charge in [0.2, 0.25) is 0 Å². The molecule has 0 saturated heterocycles. The lowest BCUT2D eigenvalue weighted by Crippen LogP contribution is -2.22. The van der Waals surface area contributed by atoms with Crippen molar-refractivity contribution >= 4 is 16.7 Å². The van der Waals surface area contributed by atoms with Gasteiger partial charge in [-0.1, -0.05) is 30.3 Å². The van der Waals surface area contributed by atoms with Crippen LogP contribution in [0.5, 0.6) is 5.75 Å². The summed E-state index contributed by atoms with van der Waals surface area (Å²) in [4.78, 5) is 1.92. The maximum absolute atomic E-state index is 14.9. The fourth-order valence-electron chi connectivity index (χ4n) is 3.98. The molecule has 4 aromatic rings. The number of benzene rings is 2. The summed E-state index contributed by atoms with van der Waals surface area (Å²) in [6.07, 6.45) is -0.0649. The van der Waals surface area contributed by atoms with E-state index in [0.717, 1.165) is 22.3 Å². The highest BCUT2D eigenvalue weighted by molar-refractivity contribution is 5.92. The highest BCUT2D eigenvalue weighted by Gasteiger charge is 2.21. The number of anilines is 1. The second-order valence-corrected chi connectivity index (χ2v) is 8.01. The number of halogens is 1. The minimum atomic E-state index is -0.584. The molecular formula is C25H28FN5O2. The molecular weight excluding hydrogens is 421 g/mol. The number of nitrogens with zero attached hydrogens (tertiary/aromatic N) is 5. The van der Waals surface area contributed by atoms with Crippen molar-refractivity contribution in [1.29, 1.82) is 0 Å². The minimum Gasteiger partial charge on any atom is -0.494 e. The lowest BCUT2D eigenvalue weighted by molar-refractivity contribution is 0.170. The van der Waals surface area contributed by atoms with Crippen molar-refractivity contribution in [3.05, 3.63) is 71.3 Å². The monoisotopic (exact) mass is 449 g/mol. The molecule has 0 aliphatic carbocycles. The van der Waals surface area contributed by atoms with Crippen molar-refractivity contribution in [3.8, 4) is 11.4 Å². The Bertz CT molecular complexity index is 1260. The molecule has 33 heavy (non-hydrogen) atoms. The molecule has 172 valence electrons. The van der Waals surface area contributed by atoms with Gasteiger partial charge >= 0.3 is 0 Å². The first-order chi connectivity index (χ1) is 15.9. The largest absolute Gasteiger partial charge is 0.494 e. The molecule has 7 nitrogen and oxygen atoms in total. The molecule has 0 saturated carbocycles. The van der Waals surface area contributed by atoms with Gasteiger partial charge in [0, 0.05) is 19.7 Å². The zero-order chi connectivity index (χ0) is 23.5. The van der Waals surface area contributed by atoms with Crippen molar-refractivity contribution in [2.75, 3.05) is 25.1 Å². The Balaban J connectivity index is 1.66. The molecule has 0 aliphatic heterocycles. The number of aliphatic hydroxyl groups excluding tert-OH is 1. The highest BCUT2D eigenvalue weighted by atomic mass is 19.1. The molecule has 2 aromatic carbocycles. The second kappa shape index (κ2) is 9.54. The van der Waals surface area contributed by atoms with E-state index >= 15 is 0 Å². The SMILES string of the molecule is CCOc1ccc(-n2nc3c(N(C)CCC(O)c4ccccc4)nnc(C)c3c2C)c(F)c1. The highest BCUT2D eigenvalue weighted by Crippen LogP contribution is 2.30. The van der Waals surface area contributed by atoms with Crippen LogP contribution < -0.4 is 9.64 Å². The molecule has 2 heterocycles. The van der Waals surface area contributed by atoms with Gasteiger partial charge in [-0.3, -0.25) is 0 Å². The van der Waals surface area contributed by atoms with E-state index in [0.29, 0.717) is 42.3 Å². The van der Waals surface area contributed by atoms with Crippen LogP contribution in [-0.2, 0) is 0 Å². The van der Waals surface area contributed by atoms with E-state index in [1.54, 1.807) is 16.8 Å². The number of aromatic nitrogens is 4. The van der Waals surface area contributed by atoms with Crippen LogP contribution in [-0.4, -0.2) is 45.3 Å². The molecule has 1 unspecified atom stereocenters. The number of hydrogen-bond donors (Lipinski definition) is 1. The first kappa shape index (κ1) is 22.7. The lowest BCUT2D eigenvalue weighted by atomic mass is 10.1. The quantitative estimate of drug-likeness (QED) is 0.426. The van der Waals surface area contributed by atoms with Crippen molar-refractivity contribution in [3.63, 3.8) is 0 Å². The van der Waals surface area contributed by atoms with Gasteiger partial charge in [-0.2, -0.15) is 10.2 Å². The number of rotatable bonds is 8. The summed E-state index contributed by atoms with van der Waals surface area (Å²) in [6, 6.07) is 14.3. The molecule has 0 amide bonds. The number of hydrogen-bond acceptors (Lipinski definition) is 6. The first-order valence-corrected chi connectivity index (χ1v) is 11.0. The van der Waals surface area contributed by atoms with Gasteiger partial charge in [-0.15, -0.1) is 5.10 Å². The number of aryl methyl sites for hydroxylation is 2. The Kier molecular flexibility index (Phi) is 6.55. The summed E-state index contributed by atoms with van der Waals surface area (Å²) in [5.41, 5.74) is 3.35.